The van der Waals surface area contributed by atoms with E-state index < -0.39 is 0 Å². The highest BCUT2D eigenvalue weighted by Crippen LogP contribution is 2.07. The zero-order chi connectivity index (χ0) is 12.3. The van der Waals surface area contributed by atoms with Gasteiger partial charge < -0.3 is 11.1 Å². The van der Waals surface area contributed by atoms with Crippen molar-refractivity contribution in [2.75, 3.05) is 5.73 Å². The zero-order valence-electron chi connectivity index (χ0n) is 9.38. The monoisotopic (exact) mass is 251 g/mol. The number of amides is 1. The highest BCUT2D eigenvalue weighted by Gasteiger charge is 2.05. The lowest BCUT2D eigenvalue weighted by Gasteiger charge is -2.03. The van der Waals surface area contributed by atoms with Gasteiger partial charge >= 0.3 is 0 Å². The maximum atomic E-state index is 11.6. The van der Waals surface area contributed by atoms with Crippen LogP contribution in [-0.2, 0) is 17.9 Å². The first-order valence-electron chi connectivity index (χ1n) is 5.09. The second-order valence-electron chi connectivity index (χ2n) is 3.61. The van der Waals surface area contributed by atoms with Crippen LogP contribution in [-0.4, -0.2) is 20.7 Å². The summed E-state index contributed by atoms with van der Waals surface area (Å²) in [5, 5.41) is 9.63. The lowest BCUT2D eigenvalue weighted by Crippen LogP contribution is -2.27. The van der Waals surface area contributed by atoms with Crippen molar-refractivity contribution in [3.63, 3.8) is 0 Å². The average Bonchev–Trinajstić information content (AvgIpc) is 2.85. The molecule has 0 spiro atoms. The van der Waals surface area contributed by atoms with Crippen LogP contribution in [0.5, 0.6) is 0 Å². The van der Waals surface area contributed by atoms with Crippen molar-refractivity contribution in [1.29, 1.82) is 0 Å². The van der Waals surface area contributed by atoms with Gasteiger partial charge in [0.15, 0.2) is 0 Å². The predicted octanol–water partition coefficient (Wildman–Crippen LogP) is 0.547. The molecule has 3 N–H and O–H groups in total. The normalized spacial score (nSPS) is 10.4. The Balaban J connectivity index is 1.82. The summed E-state index contributed by atoms with van der Waals surface area (Å²) in [5.74, 6) is -0.112. The van der Waals surface area contributed by atoms with Crippen LogP contribution in [0.25, 0.3) is 0 Å². The first kappa shape index (κ1) is 11.6. The number of nitrogen functional groups attached to an aromatic ring is 1. The Hall–Kier alpha value is -1.89. The largest absolute Gasteiger partial charge is 0.396 e. The highest BCUT2D eigenvalue weighted by atomic mass is 32.1. The van der Waals surface area contributed by atoms with Crippen LogP contribution in [0.4, 0.5) is 5.69 Å². The molecule has 0 aliphatic rings. The number of hydrogen-bond donors (Lipinski definition) is 2. The minimum Gasteiger partial charge on any atom is -0.396 e. The SMILES string of the molecule is Cc1nc(CNC(=O)Cn2cc(N)cn2)cs1. The molecule has 17 heavy (non-hydrogen) atoms. The van der Waals surface area contributed by atoms with Gasteiger partial charge in [0.2, 0.25) is 5.91 Å². The zero-order valence-corrected chi connectivity index (χ0v) is 10.2. The molecule has 6 nitrogen and oxygen atoms in total. The molecule has 0 fully saturated rings. The molecule has 2 aromatic rings. The molecule has 0 aliphatic heterocycles. The molecule has 0 aliphatic carbocycles. The fourth-order valence-electron chi connectivity index (χ4n) is 1.35. The number of aromatic nitrogens is 3. The number of thiazole rings is 1. The maximum absolute atomic E-state index is 11.6. The van der Waals surface area contributed by atoms with E-state index in [0.717, 1.165) is 10.7 Å². The van der Waals surface area contributed by atoms with Crippen LogP contribution in [0.1, 0.15) is 10.7 Å². The summed E-state index contributed by atoms with van der Waals surface area (Å²) in [7, 11) is 0. The molecule has 0 aromatic carbocycles. The fraction of sp³-hybridized carbons (Fsp3) is 0.300. The van der Waals surface area contributed by atoms with Crippen molar-refractivity contribution in [2.45, 2.75) is 20.0 Å². The van der Waals surface area contributed by atoms with Crippen LogP contribution >= 0.6 is 11.3 Å². The molecule has 0 saturated carbocycles. The number of hydrogen-bond acceptors (Lipinski definition) is 5. The van der Waals surface area contributed by atoms with Gasteiger partial charge in [0, 0.05) is 11.6 Å². The fourth-order valence-corrected chi connectivity index (χ4v) is 1.96. The molecule has 7 heteroatoms. The van der Waals surface area contributed by atoms with Crippen LogP contribution in [0, 0.1) is 6.92 Å². The van der Waals surface area contributed by atoms with Crippen molar-refractivity contribution in [1.82, 2.24) is 20.1 Å². The highest BCUT2D eigenvalue weighted by molar-refractivity contribution is 7.09. The van der Waals surface area contributed by atoms with E-state index in [4.69, 9.17) is 5.73 Å². The van der Waals surface area contributed by atoms with E-state index in [0.29, 0.717) is 12.2 Å². The standard InChI is InChI=1S/C10H13N5OS/c1-7-14-9(6-17-7)3-12-10(16)5-15-4-8(11)2-13-15/h2,4,6H,3,5,11H2,1H3,(H,12,16). The molecule has 2 rings (SSSR count). The van der Waals surface area contributed by atoms with Gasteiger partial charge in [-0.1, -0.05) is 0 Å². The summed E-state index contributed by atoms with van der Waals surface area (Å²) >= 11 is 1.57. The second-order valence-corrected chi connectivity index (χ2v) is 4.67. The third-order valence-corrected chi connectivity index (χ3v) is 2.91. The minimum absolute atomic E-state index is 0.112. The molecule has 0 radical (unpaired) electrons. The lowest BCUT2D eigenvalue weighted by molar-refractivity contribution is -0.122. The van der Waals surface area contributed by atoms with Gasteiger partial charge in [-0.15, -0.1) is 11.3 Å². The smallest absolute Gasteiger partial charge is 0.242 e. The Kier molecular flexibility index (Phi) is 3.38. The van der Waals surface area contributed by atoms with Crippen LogP contribution in [0.15, 0.2) is 17.8 Å². The van der Waals surface area contributed by atoms with E-state index in [1.807, 2.05) is 12.3 Å². The van der Waals surface area contributed by atoms with E-state index in [-0.39, 0.29) is 12.5 Å². The summed E-state index contributed by atoms with van der Waals surface area (Å²) in [4.78, 5) is 15.8. The van der Waals surface area contributed by atoms with Gasteiger partial charge in [0.05, 0.1) is 29.1 Å². The molecular weight excluding hydrogens is 238 g/mol. The summed E-state index contributed by atoms with van der Waals surface area (Å²) in [6.07, 6.45) is 3.13. The molecule has 1 amide bonds. The Bertz CT molecular complexity index is 518. The van der Waals surface area contributed by atoms with Crippen molar-refractivity contribution >= 4 is 22.9 Å². The van der Waals surface area contributed by atoms with Crippen molar-refractivity contribution in [2.24, 2.45) is 0 Å². The Labute approximate surface area is 102 Å². The first-order chi connectivity index (χ1) is 8.13. The number of anilines is 1. The quantitative estimate of drug-likeness (QED) is 0.830. The Morgan fingerprint density at radius 3 is 3.06 bits per heavy atom. The molecule has 0 saturated heterocycles. The van der Waals surface area contributed by atoms with Crippen LogP contribution in [0.2, 0.25) is 0 Å². The second kappa shape index (κ2) is 4.96. The summed E-state index contributed by atoms with van der Waals surface area (Å²) in [6, 6.07) is 0. The van der Waals surface area contributed by atoms with Crippen molar-refractivity contribution < 1.29 is 4.79 Å². The summed E-state index contributed by atoms with van der Waals surface area (Å²) in [6.45, 7) is 2.54. The third-order valence-electron chi connectivity index (χ3n) is 2.09. The molecule has 0 atom stereocenters. The van der Waals surface area contributed by atoms with Crippen molar-refractivity contribution in [3.8, 4) is 0 Å². The molecule has 2 aromatic heterocycles. The number of carbonyl (C=O) groups is 1. The van der Waals surface area contributed by atoms with E-state index in [1.165, 1.54) is 10.9 Å². The lowest BCUT2D eigenvalue weighted by atomic mass is 10.4. The number of carbonyl (C=O) groups excluding carboxylic acids is 1. The van der Waals surface area contributed by atoms with E-state index in [9.17, 15) is 4.79 Å². The number of nitrogens with one attached hydrogen (secondary N) is 1. The third kappa shape index (κ3) is 3.28. The topological polar surface area (TPSA) is 85.8 Å². The van der Waals surface area contributed by atoms with E-state index in [2.05, 4.69) is 15.4 Å². The summed E-state index contributed by atoms with van der Waals surface area (Å²) in [5.41, 5.74) is 6.92. The molecular formula is C10H13N5OS. The molecule has 0 unspecified atom stereocenters. The van der Waals surface area contributed by atoms with Crippen LogP contribution in [0.3, 0.4) is 0 Å². The Morgan fingerprint density at radius 1 is 1.65 bits per heavy atom. The first-order valence-corrected chi connectivity index (χ1v) is 5.97. The number of nitrogens with zero attached hydrogens (tertiary/aromatic N) is 3. The average molecular weight is 251 g/mol. The number of rotatable bonds is 4. The Morgan fingerprint density at radius 2 is 2.47 bits per heavy atom. The van der Waals surface area contributed by atoms with E-state index in [1.54, 1.807) is 17.5 Å². The number of aryl methyl sites for hydroxylation is 1. The van der Waals surface area contributed by atoms with Gasteiger partial charge in [0.1, 0.15) is 6.54 Å². The van der Waals surface area contributed by atoms with Gasteiger partial charge in [-0.05, 0) is 6.92 Å². The maximum Gasteiger partial charge on any atom is 0.242 e. The number of nitrogens with two attached hydrogens (primary N) is 1. The molecule has 0 bridgehead atoms. The van der Waals surface area contributed by atoms with Gasteiger partial charge in [-0.2, -0.15) is 5.10 Å². The van der Waals surface area contributed by atoms with Gasteiger partial charge in [-0.25, -0.2) is 4.98 Å². The predicted molar refractivity (Wildman–Crippen MR) is 65.3 cm³/mol. The minimum atomic E-state index is -0.112. The summed E-state index contributed by atoms with van der Waals surface area (Å²) < 4.78 is 1.50. The molecule has 2 heterocycles. The van der Waals surface area contributed by atoms with E-state index >= 15 is 0 Å². The van der Waals surface area contributed by atoms with Crippen molar-refractivity contribution in [3.05, 3.63) is 28.5 Å². The van der Waals surface area contributed by atoms with Gasteiger partial charge in [-0.3, -0.25) is 9.48 Å². The van der Waals surface area contributed by atoms with Gasteiger partial charge in [0.25, 0.3) is 0 Å². The molecule has 90 valence electrons. The van der Waals surface area contributed by atoms with Crippen LogP contribution < -0.4 is 11.1 Å².